The lowest BCUT2D eigenvalue weighted by molar-refractivity contribution is -0.136. The van der Waals surface area contributed by atoms with Crippen LogP contribution in [-0.4, -0.2) is 54.1 Å². The molecule has 1 atom stereocenters. The average Bonchev–Trinajstić information content (AvgIpc) is 2.76. The summed E-state index contributed by atoms with van der Waals surface area (Å²) in [7, 11) is 3.26. The molecule has 2 rings (SSSR count). The summed E-state index contributed by atoms with van der Waals surface area (Å²) >= 11 is 12.2. The summed E-state index contributed by atoms with van der Waals surface area (Å²) in [5, 5.41) is 12.1. The summed E-state index contributed by atoms with van der Waals surface area (Å²) in [4.78, 5) is 42.0. The van der Waals surface area contributed by atoms with Crippen molar-refractivity contribution in [2.45, 2.75) is 32.2 Å². The molecule has 1 unspecified atom stereocenters. The topological polar surface area (TPSA) is 99.1 Å². The maximum absolute atomic E-state index is 13.3. The maximum Gasteiger partial charge on any atom is 0.305 e. The number of likely N-dealkylation sites (N-methyl/N-ethyl adjacent to an activating group) is 1. The van der Waals surface area contributed by atoms with Crippen LogP contribution in [0.15, 0.2) is 47.5 Å². The summed E-state index contributed by atoms with van der Waals surface area (Å²) in [6, 6.07) is 11.6. The Morgan fingerprint density at radius 3 is 2.18 bits per heavy atom. The zero-order chi connectivity index (χ0) is 24.5. The van der Waals surface area contributed by atoms with Gasteiger partial charge in [-0.05, 0) is 42.3 Å². The van der Waals surface area contributed by atoms with Crippen LogP contribution in [0.25, 0.3) is 0 Å². The minimum atomic E-state index is -0.976. The molecule has 2 amide bonds. The van der Waals surface area contributed by atoms with E-state index in [1.54, 1.807) is 61.5 Å². The van der Waals surface area contributed by atoms with Gasteiger partial charge in [0.2, 0.25) is 0 Å². The lowest BCUT2D eigenvalue weighted by Gasteiger charge is -2.29. The highest BCUT2D eigenvalue weighted by atomic mass is 35.5. The molecule has 0 aliphatic carbocycles. The second-order valence-corrected chi connectivity index (χ2v) is 8.35. The van der Waals surface area contributed by atoms with E-state index in [0.717, 1.165) is 12.0 Å². The molecule has 0 radical (unpaired) electrons. The van der Waals surface area contributed by atoms with Crippen molar-refractivity contribution in [2.75, 3.05) is 20.6 Å². The van der Waals surface area contributed by atoms with Crippen LogP contribution >= 0.6 is 23.2 Å². The number of aliphatic imine (C=N–C) groups is 1. The number of nitrogens with one attached hydrogen (secondary N) is 1. The van der Waals surface area contributed by atoms with Crippen molar-refractivity contribution in [1.29, 1.82) is 0 Å². The van der Waals surface area contributed by atoms with Crippen molar-refractivity contribution in [3.8, 4) is 0 Å². The molecule has 176 valence electrons. The second kappa shape index (κ2) is 12.4. The van der Waals surface area contributed by atoms with Gasteiger partial charge in [-0.15, -0.1) is 0 Å². The summed E-state index contributed by atoms with van der Waals surface area (Å²) in [6.45, 7) is 2.08. The largest absolute Gasteiger partial charge is 0.481 e. The molecule has 2 aromatic carbocycles. The number of carboxylic acid groups (broad SMARTS) is 1. The lowest BCUT2D eigenvalue weighted by atomic mass is 9.98. The number of carbonyl (C=O) groups excluding carboxylic acids is 2. The molecule has 7 nitrogen and oxygen atoms in total. The molecule has 0 saturated heterocycles. The van der Waals surface area contributed by atoms with E-state index >= 15 is 0 Å². The lowest BCUT2D eigenvalue weighted by Crippen LogP contribution is -2.37. The van der Waals surface area contributed by atoms with E-state index in [-0.39, 0.29) is 36.5 Å². The van der Waals surface area contributed by atoms with Crippen molar-refractivity contribution in [2.24, 2.45) is 4.99 Å². The van der Waals surface area contributed by atoms with Gasteiger partial charge in [-0.25, -0.2) is 0 Å². The molecule has 2 N–H and O–H groups in total. The van der Waals surface area contributed by atoms with E-state index in [4.69, 9.17) is 28.3 Å². The van der Waals surface area contributed by atoms with E-state index in [0.29, 0.717) is 27.6 Å². The molecule has 0 aliphatic heterocycles. The van der Waals surface area contributed by atoms with E-state index in [1.807, 2.05) is 6.92 Å². The van der Waals surface area contributed by atoms with Crippen LogP contribution in [0.5, 0.6) is 0 Å². The Balaban J connectivity index is 2.23. The van der Waals surface area contributed by atoms with E-state index < -0.39 is 5.97 Å². The van der Waals surface area contributed by atoms with Gasteiger partial charge in [0.25, 0.3) is 11.8 Å². The molecule has 0 heterocycles. The van der Waals surface area contributed by atoms with Crippen molar-refractivity contribution in [3.05, 3.63) is 69.2 Å². The highest BCUT2D eigenvalue weighted by molar-refractivity contribution is 6.46. The summed E-state index contributed by atoms with van der Waals surface area (Å²) in [6.07, 6.45) is 1.40. The van der Waals surface area contributed by atoms with Crippen LogP contribution < -0.4 is 5.32 Å². The normalized spacial score (nSPS) is 12.2. The van der Waals surface area contributed by atoms with Crippen LogP contribution in [0, 0.1) is 0 Å². The van der Waals surface area contributed by atoms with E-state index in [9.17, 15) is 14.4 Å². The number of carbonyl (C=O) groups is 3. The van der Waals surface area contributed by atoms with Crippen LogP contribution in [0.4, 0.5) is 0 Å². The highest BCUT2D eigenvalue weighted by Gasteiger charge is 2.26. The Morgan fingerprint density at radius 1 is 1.06 bits per heavy atom. The number of hydrogen-bond acceptors (Lipinski definition) is 4. The van der Waals surface area contributed by atoms with Crippen LogP contribution in [0.2, 0.25) is 10.0 Å². The van der Waals surface area contributed by atoms with Gasteiger partial charge >= 0.3 is 5.97 Å². The average molecular weight is 492 g/mol. The Labute approximate surface area is 203 Å². The van der Waals surface area contributed by atoms with Gasteiger partial charge in [0.1, 0.15) is 5.71 Å². The number of nitrogens with zero attached hydrogens (tertiary/aromatic N) is 2. The van der Waals surface area contributed by atoms with Crippen molar-refractivity contribution in [3.63, 3.8) is 0 Å². The van der Waals surface area contributed by atoms with Gasteiger partial charge in [0.05, 0.1) is 12.5 Å². The van der Waals surface area contributed by atoms with Gasteiger partial charge in [-0.2, -0.15) is 0 Å². The zero-order valence-corrected chi connectivity index (χ0v) is 20.3. The number of carboxylic acids is 1. The Bertz CT molecular complexity index is 1020. The summed E-state index contributed by atoms with van der Waals surface area (Å²) < 4.78 is 0. The first-order valence-corrected chi connectivity index (χ1v) is 11.2. The molecular weight excluding hydrogens is 465 g/mol. The Kier molecular flexibility index (Phi) is 9.88. The zero-order valence-electron chi connectivity index (χ0n) is 18.8. The smallest absolute Gasteiger partial charge is 0.305 e. The number of amides is 2. The first kappa shape index (κ1) is 26.4. The highest BCUT2D eigenvalue weighted by Crippen LogP contribution is 2.27. The molecule has 9 heteroatoms. The van der Waals surface area contributed by atoms with Crippen LogP contribution in [-0.2, 0) is 9.59 Å². The molecule has 0 aromatic heterocycles. The minimum absolute atomic E-state index is 0.0538. The van der Waals surface area contributed by atoms with Gasteiger partial charge in [0, 0.05) is 41.8 Å². The predicted octanol–water partition coefficient (Wildman–Crippen LogP) is 4.62. The SMILES string of the molecule is CCCC(c1ccc(C(=O)NCCC(=O)O)cc1)N(C)C(=O)C(=NC)c1cc(Cl)cc(Cl)c1. The third-order valence-electron chi connectivity index (χ3n) is 5.09. The fourth-order valence-electron chi connectivity index (χ4n) is 3.45. The molecule has 33 heavy (non-hydrogen) atoms. The number of halogens is 2. The molecule has 0 aliphatic rings. The van der Waals surface area contributed by atoms with Crippen molar-refractivity contribution < 1.29 is 19.5 Å². The molecule has 2 aromatic rings. The predicted molar refractivity (Wildman–Crippen MR) is 130 cm³/mol. The Hall–Kier alpha value is -2.90. The van der Waals surface area contributed by atoms with E-state index in [2.05, 4.69) is 10.3 Å². The van der Waals surface area contributed by atoms with Gasteiger partial charge in [0.15, 0.2) is 0 Å². The monoisotopic (exact) mass is 491 g/mol. The molecular formula is C24H27Cl2N3O4. The Morgan fingerprint density at radius 2 is 1.67 bits per heavy atom. The fourth-order valence-corrected chi connectivity index (χ4v) is 3.97. The van der Waals surface area contributed by atoms with Crippen molar-refractivity contribution in [1.82, 2.24) is 10.2 Å². The third-order valence-corrected chi connectivity index (χ3v) is 5.53. The van der Waals surface area contributed by atoms with Gasteiger partial charge in [-0.3, -0.25) is 19.4 Å². The van der Waals surface area contributed by atoms with Crippen molar-refractivity contribution >= 4 is 46.7 Å². The van der Waals surface area contributed by atoms with Gasteiger partial charge < -0.3 is 15.3 Å². The molecule has 0 bridgehead atoms. The minimum Gasteiger partial charge on any atom is -0.481 e. The number of hydrogen-bond donors (Lipinski definition) is 2. The van der Waals surface area contributed by atoms with Crippen LogP contribution in [0.3, 0.4) is 0 Å². The third kappa shape index (κ3) is 7.30. The van der Waals surface area contributed by atoms with Crippen LogP contribution in [0.1, 0.15) is 53.7 Å². The first-order valence-electron chi connectivity index (χ1n) is 10.5. The molecule has 0 saturated carbocycles. The van der Waals surface area contributed by atoms with Gasteiger partial charge in [-0.1, -0.05) is 48.7 Å². The number of rotatable bonds is 10. The summed E-state index contributed by atoms with van der Waals surface area (Å²) in [5.74, 6) is -1.60. The standard InChI is InChI=1S/C24H27Cl2N3O4/c1-4-5-20(15-6-8-16(9-7-15)23(32)28-11-10-21(30)31)29(3)24(33)22(27-2)17-12-18(25)14-19(26)13-17/h6-9,12-14,20H,4-5,10-11H2,1-3H3,(H,28,32)(H,30,31). The molecule has 0 fully saturated rings. The quantitative estimate of drug-likeness (QED) is 0.473. The maximum atomic E-state index is 13.3. The number of aliphatic carboxylic acids is 1. The first-order chi connectivity index (χ1) is 15.7. The second-order valence-electron chi connectivity index (χ2n) is 7.47. The molecule has 0 spiro atoms. The summed E-state index contributed by atoms with van der Waals surface area (Å²) in [5.41, 5.74) is 2.07. The fraction of sp³-hybridized carbons (Fsp3) is 0.333. The van der Waals surface area contributed by atoms with E-state index in [1.165, 1.54) is 0 Å². The number of benzene rings is 2.